The molecule has 1 aromatic heterocycles. The Kier molecular flexibility index (Phi) is 12.4. The Balaban J connectivity index is 0.687. The average Bonchev–Trinajstić information content (AvgIpc) is 3.98. The zero-order valence-corrected chi connectivity index (χ0v) is 39.4. The van der Waals surface area contributed by atoms with Gasteiger partial charge in [0.15, 0.2) is 0 Å². The van der Waals surface area contributed by atoms with Gasteiger partial charge in [-0.1, -0.05) is 19.9 Å². The van der Waals surface area contributed by atoms with Crippen LogP contribution in [0.3, 0.4) is 0 Å². The molecule has 1 spiro atoms. The number of benzene rings is 2. The maximum absolute atomic E-state index is 15.8. The number of rotatable bonds is 12. The second-order valence-corrected chi connectivity index (χ2v) is 21.2. The van der Waals surface area contributed by atoms with Crippen LogP contribution in [0, 0.1) is 28.9 Å². The molecular weight excluding hydrogens is 873 g/mol. The van der Waals surface area contributed by atoms with E-state index in [0.717, 1.165) is 81.4 Å². The third-order valence-corrected chi connectivity index (χ3v) is 16.1. The van der Waals surface area contributed by atoms with E-state index in [2.05, 4.69) is 67.5 Å². The maximum atomic E-state index is 15.8. The standard InChI is InChI=1S/C50H63F2N11O5/c1-49(2)10-16-59(17-11-49)25-33-22-37(52)40(23-36(33)51)62-28-44(65)57-50(29-62)12-18-60(19-13-50)41-24-42(55-30-54-41)61-26-31-20-34(21-32(31)27-61)58(3)15-5-14-53-38-7-4-6-35-45(38)48(68)63(47(35)67)39-8-9-43(64)56-46(39)66/h4,6-7,22-24,30-32,34,39,53H,5,8-21,25-29H2,1-3H3,(H,57,65)(H,56,64,66)/t31-,32+,34?,39?. The normalized spacial score (nSPS) is 25.9. The summed E-state index contributed by atoms with van der Waals surface area (Å²) in [4.78, 5) is 85.4. The molecule has 68 heavy (non-hydrogen) atoms. The molecule has 1 aliphatic carbocycles. The van der Waals surface area contributed by atoms with E-state index >= 15 is 8.78 Å². The van der Waals surface area contributed by atoms with Crippen LogP contribution >= 0.6 is 0 Å². The minimum Gasteiger partial charge on any atom is -0.384 e. The topological polar surface area (TPSA) is 167 Å². The van der Waals surface area contributed by atoms with E-state index in [4.69, 9.17) is 4.98 Å². The molecule has 2 aromatic carbocycles. The molecule has 2 unspecified atom stereocenters. The fraction of sp³-hybridized carbons (Fsp3) is 0.580. The molecule has 10 rings (SSSR count). The number of carbonyl (C=O) groups excluding carboxylic acids is 5. The van der Waals surface area contributed by atoms with Crippen LogP contribution in [0.15, 0.2) is 42.7 Å². The van der Waals surface area contributed by atoms with Crippen LogP contribution in [0.25, 0.3) is 0 Å². The first-order valence-corrected chi connectivity index (χ1v) is 24.5. The second-order valence-electron chi connectivity index (χ2n) is 21.2. The van der Waals surface area contributed by atoms with Crippen molar-refractivity contribution >= 4 is 52.5 Å². The monoisotopic (exact) mass is 935 g/mol. The summed E-state index contributed by atoms with van der Waals surface area (Å²) >= 11 is 0. The number of nitrogens with zero attached hydrogens (tertiary/aromatic N) is 8. The predicted octanol–water partition coefficient (Wildman–Crippen LogP) is 4.40. The molecule has 18 heteroatoms. The fourth-order valence-corrected chi connectivity index (χ4v) is 12.0. The maximum Gasteiger partial charge on any atom is 0.264 e. The highest BCUT2D eigenvalue weighted by Gasteiger charge is 2.47. The zero-order chi connectivity index (χ0) is 47.5. The summed E-state index contributed by atoms with van der Waals surface area (Å²) in [6.07, 6.45) is 8.17. The highest BCUT2D eigenvalue weighted by Crippen LogP contribution is 2.42. The van der Waals surface area contributed by atoms with Gasteiger partial charge in [-0.15, -0.1) is 0 Å². The third kappa shape index (κ3) is 9.12. The number of aromatic nitrogens is 2. The molecule has 5 saturated heterocycles. The Hall–Kier alpha value is -5.75. The summed E-state index contributed by atoms with van der Waals surface area (Å²) in [6, 6.07) is 9.25. The molecule has 0 bridgehead atoms. The number of hydrogen-bond donors (Lipinski definition) is 3. The SMILES string of the molecule is CN(CCCNc1cccc2c1C(=O)N(C1CCC(=O)NC1=O)C2=O)C1C[C@@H]2CN(c3cc(N4CCC5(CC4)CN(c4cc(F)c(CN6CCC(C)(C)CC6)cc4F)CC(=O)N5)ncn3)C[C@@H]2C1. The van der Waals surface area contributed by atoms with Gasteiger partial charge in [-0.2, -0.15) is 0 Å². The Morgan fingerprint density at radius 1 is 0.838 bits per heavy atom. The summed E-state index contributed by atoms with van der Waals surface area (Å²) < 4.78 is 31.3. The number of imide groups is 2. The lowest BCUT2D eigenvalue weighted by Crippen LogP contribution is -2.66. The van der Waals surface area contributed by atoms with E-state index in [1.807, 2.05) is 0 Å². The van der Waals surface area contributed by atoms with Crippen LogP contribution < -0.4 is 30.7 Å². The van der Waals surface area contributed by atoms with Crippen molar-refractivity contribution in [2.24, 2.45) is 17.3 Å². The van der Waals surface area contributed by atoms with Crippen molar-refractivity contribution < 1.29 is 32.8 Å². The van der Waals surface area contributed by atoms with Gasteiger partial charge in [0.25, 0.3) is 11.8 Å². The Morgan fingerprint density at radius 3 is 2.28 bits per heavy atom. The molecule has 16 nitrogen and oxygen atoms in total. The van der Waals surface area contributed by atoms with Crippen molar-refractivity contribution in [2.75, 3.05) is 92.5 Å². The highest BCUT2D eigenvalue weighted by molar-refractivity contribution is 6.25. The van der Waals surface area contributed by atoms with E-state index in [1.165, 1.54) is 12.1 Å². The number of piperidine rings is 3. The summed E-state index contributed by atoms with van der Waals surface area (Å²) in [5.74, 6) is -0.330. The van der Waals surface area contributed by atoms with Crippen molar-refractivity contribution in [3.8, 4) is 0 Å². The van der Waals surface area contributed by atoms with Crippen LogP contribution in [-0.2, 0) is 20.9 Å². The lowest BCUT2D eigenvalue weighted by Gasteiger charge is -2.48. The molecule has 0 radical (unpaired) electrons. The van der Waals surface area contributed by atoms with Crippen molar-refractivity contribution in [2.45, 2.75) is 95.8 Å². The number of anilines is 4. The third-order valence-electron chi connectivity index (χ3n) is 16.1. The lowest BCUT2D eigenvalue weighted by atomic mass is 9.82. The van der Waals surface area contributed by atoms with E-state index in [-0.39, 0.29) is 47.5 Å². The molecule has 6 fully saturated rings. The minimum atomic E-state index is -1.00. The van der Waals surface area contributed by atoms with E-state index in [0.29, 0.717) is 74.7 Å². The molecule has 6 aliphatic heterocycles. The van der Waals surface area contributed by atoms with Crippen molar-refractivity contribution in [3.05, 3.63) is 71.1 Å². The molecular formula is C50H63F2N11O5. The van der Waals surface area contributed by atoms with Gasteiger partial charge < -0.3 is 30.2 Å². The summed E-state index contributed by atoms with van der Waals surface area (Å²) in [6.45, 7) is 11.6. The number of fused-ring (bicyclic) bond motifs is 2. The molecule has 3 aromatic rings. The van der Waals surface area contributed by atoms with Gasteiger partial charge in [0, 0.05) is 81.7 Å². The number of piperazine rings is 1. The van der Waals surface area contributed by atoms with Crippen LogP contribution in [0.1, 0.15) is 97.9 Å². The second kappa shape index (κ2) is 18.3. The smallest absolute Gasteiger partial charge is 0.264 e. The Bertz CT molecular complexity index is 2470. The van der Waals surface area contributed by atoms with Crippen LogP contribution in [0.2, 0.25) is 0 Å². The number of amides is 5. The molecule has 1 saturated carbocycles. The summed E-state index contributed by atoms with van der Waals surface area (Å²) in [5.41, 5.74) is 1.29. The van der Waals surface area contributed by atoms with Crippen molar-refractivity contribution in [1.29, 1.82) is 0 Å². The highest BCUT2D eigenvalue weighted by atomic mass is 19.1. The zero-order valence-electron chi connectivity index (χ0n) is 39.4. The van der Waals surface area contributed by atoms with Gasteiger partial charge >= 0.3 is 0 Å². The average molecular weight is 936 g/mol. The van der Waals surface area contributed by atoms with Crippen molar-refractivity contribution in [3.63, 3.8) is 0 Å². The fourth-order valence-electron chi connectivity index (χ4n) is 12.0. The van der Waals surface area contributed by atoms with Gasteiger partial charge in [0.1, 0.15) is 35.6 Å². The number of hydrogen-bond acceptors (Lipinski definition) is 13. The Labute approximate surface area is 396 Å². The van der Waals surface area contributed by atoms with E-state index in [1.54, 1.807) is 29.4 Å². The number of nitrogens with one attached hydrogen (secondary N) is 3. The first-order chi connectivity index (χ1) is 32.6. The number of halogens is 2. The molecule has 4 atom stereocenters. The van der Waals surface area contributed by atoms with Crippen LogP contribution in [0.4, 0.5) is 31.8 Å². The van der Waals surface area contributed by atoms with Gasteiger partial charge in [-0.05, 0) is 113 Å². The molecule has 5 amide bonds. The van der Waals surface area contributed by atoms with Gasteiger partial charge in [-0.3, -0.25) is 39.1 Å². The first kappa shape index (κ1) is 46.0. The van der Waals surface area contributed by atoms with Gasteiger partial charge in [0.2, 0.25) is 17.7 Å². The number of carbonyl (C=O) groups is 5. The van der Waals surface area contributed by atoms with Crippen LogP contribution in [-0.4, -0.2) is 144 Å². The van der Waals surface area contributed by atoms with Gasteiger partial charge in [0.05, 0.1) is 28.9 Å². The van der Waals surface area contributed by atoms with Crippen molar-refractivity contribution in [1.82, 2.24) is 35.3 Å². The lowest BCUT2D eigenvalue weighted by molar-refractivity contribution is -0.136. The molecule has 7 heterocycles. The van der Waals surface area contributed by atoms with Gasteiger partial charge in [-0.25, -0.2) is 18.7 Å². The summed E-state index contributed by atoms with van der Waals surface area (Å²) in [7, 11) is 2.17. The first-order valence-electron chi connectivity index (χ1n) is 24.5. The Morgan fingerprint density at radius 2 is 1.56 bits per heavy atom. The predicted molar refractivity (Wildman–Crippen MR) is 252 cm³/mol. The van der Waals surface area contributed by atoms with E-state index in [9.17, 15) is 24.0 Å². The summed E-state index contributed by atoms with van der Waals surface area (Å²) in [5, 5.41) is 8.84. The molecule has 7 aliphatic rings. The number of likely N-dealkylation sites (tertiary alicyclic amines) is 1. The minimum absolute atomic E-state index is 0.0215. The quantitative estimate of drug-likeness (QED) is 0.173. The van der Waals surface area contributed by atoms with Crippen LogP contribution in [0.5, 0.6) is 0 Å². The largest absolute Gasteiger partial charge is 0.384 e. The molecule has 3 N–H and O–H groups in total. The van der Waals surface area contributed by atoms with E-state index < -0.39 is 46.8 Å². The molecule has 362 valence electrons.